The van der Waals surface area contributed by atoms with Crippen LogP contribution in [0.15, 0.2) is 84.1 Å². The highest BCUT2D eigenvalue weighted by molar-refractivity contribution is 6.42. The molecular weight excluding hydrogens is 460 g/mol. The Labute approximate surface area is 201 Å². The number of benzene rings is 3. The number of carbonyl (C=O) groups excluding carboxylic acids is 2. The van der Waals surface area contributed by atoms with Crippen LogP contribution in [0.1, 0.15) is 42.2 Å². The number of carbonyl (C=O) groups is 2. The molecule has 3 aromatic carbocycles. The molecule has 6 heteroatoms. The molecule has 2 unspecified atom stereocenters. The largest absolute Gasteiger partial charge is 0.294 e. The first-order valence-electron chi connectivity index (χ1n) is 10.8. The van der Waals surface area contributed by atoms with Crippen molar-refractivity contribution in [3.63, 3.8) is 0 Å². The Balaban J connectivity index is 1.68. The third-order valence-corrected chi connectivity index (χ3v) is 7.28. The van der Waals surface area contributed by atoms with Crippen molar-refractivity contribution in [2.45, 2.75) is 31.1 Å². The average molecular weight is 480 g/mol. The lowest BCUT2D eigenvalue weighted by molar-refractivity contribution is -0.120. The lowest BCUT2D eigenvalue weighted by atomic mass is 9.72. The fraction of sp³-hybridized carbons (Fsp3) is 0.185. The van der Waals surface area contributed by atoms with Crippen LogP contribution in [0.5, 0.6) is 0 Å². The van der Waals surface area contributed by atoms with Gasteiger partial charge in [-0.15, -0.1) is 0 Å². The number of hydrogen-bond donors (Lipinski definition) is 0. The first-order chi connectivity index (χ1) is 15.9. The molecule has 1 aliphatic carbocycles. The minimum Gasteiger partial charge on any atom is -0.294 e. The molecule has 0 saturated carbocycles. The number of nitrogens with zero attached hydrogens (tertiary/aromatic N) is 1. The van der Waals surface area contributed by atoms with Gasteiger partial charge in [-0.1, -0.05) is 65.7 Å². The van der Waals surface area contributed by atoms with Crippen LogP contribution in [-0.2, 0) is 9.59 Å². The molecule has 2 aliphatic rings. The van der Waals surface area contributed by atoms with Crippen molar-refractivity contribution in [2.24, 2.45) is 0 Å². The van der Waals surface area contributed by atoms with Crippen molar-refractivity contribution >= 4 is 40.6 Å². The molecule has 1 aliphatic heterocycles. The molecule has 3 aromatic rings. The second-order valence-electron chi connectivity index (χ2n) is 8.40. The van der Waals surface area contributed by atoms with Gasteiger partial charge in [-0.2, -0.15) is 0 Å². The minimum absolute atomic E-state index is 0.00856. The maximum absolute atomic E-state index is 13.6. The standard InChI is InChI=1S/C27H20Cl2FNO2/c28-22-8-4-7-20(27(22)29)21-15-25(33)31(19-11-9-18(30)10-12-19)23-13-17(14-24(32)26(21)23)16-5-2-1-3-6-16/h1-12,17,21H,13-15H2. The van der Waals surface area contributed by atoms with Gasteiger partial charge >= 0.3 is 0 Å². The zero-order valence-corrected chi connectivity index (χ0v) is 19.1. The second-order valence-corrected chi connectivity index (χ2v) is 9.19. The molecule has 166 valence electrons. The van der Waals surface area contributed by atoms with E-state index in [4.69, 9.17) is 23.2 Å². The van der Waals surface area contributed by atoms with Gasteiger partial charge in [0.05, 0.1) is 10.0 Å². The summed E-state index contributed by atoms with van der Waals surface area (Å²) in [4.78, 5) is 28.7. The van der Waals surface area contributed by atoms with E-state index in [9.17, 15) is 14.0 Å². The highest BCUT2D eigenvalue weighted by Gasteiger charge is 2.43. The Morgan fingerprint density at radius 3 is 2.27 bits per heavy atom. The van der Waals surface area contributed by atoms with Gasteiger partial charge in [-0.3, -0.25) is 14.5 Å². The number of ketones is 1. The van der Waals surface area contributed by atoms with Crippen LogP contribution in [-0.4, -0.2) is 11.7 Å². The number of allylic oxidation sites excluding steroid dienone is 2. The van der Waals surface area contributed by atoms with E-state index in [-0.39, 0.29) is 29.8 Å². The molecule has 1 heterocycles. The first-order valence-corrected chi connectivity index (χ1v) is 11.5. The van der Waals surface area contributed by atoms with Crippen LogP contribution < -0.4 is 4.90 Å². The Bertz CT molecular complexity index is 1270. The lowest BCUT2D eigenvalue weighted by Gasteiger charge is -2.40. The summed E-state index contributed by atoms with van der Waals surface area (Å²) in [6, 6.07) is 20.9. The quantitative estimate of drug-likeness (QED) is 0.403. The number of rotatable bonds is 3. The Morgan fingerprint density at radius 1 is 0.818 bits per heavy atom. The van der Waals surface area contributed by atoms with Crippen LogP contribution in [0.25, 0.3) is 0 Å². The predicted molar refractivity (Wildman–Crippen MR) is 128 cm³/mol. The van der Waals surface area contributed by atoms with Gasteiger partial charge in [-0.05, 0) is 53.8 Å². The van der Waals surface area contributed by atoms with E-state index in [1.165, 1.54) is 12.1 Å². The van der Waals surface area contributed by atoms with Crippen LogP contribution in [0.3, 0.4) is 0 Å². The zero-order chi connectivity index (χ0) is 23.1. The van der Waals surface area contributed by atoms with Crippen molar-refractivity contribution in [1.29, 1.82) is 0 Å². The van der Waals surface area contributed by atoms with E-state index in [0.717, 1.165) is 5.56 Å². The molecule has 2 atom stereocenters. The summed E-state index contributed by atoms with van der Waals surface area (Å²) >= 11 is 12.8. The summed E-state index contributed by atoms with van der Waals surface area (Å²) in [7, 11) is 0. The summed E-state index contributed by atoms with van der Waals surface area (Å²) < 4.78 is 13.6. The highest BCUT2D eigenvalue weighted by atomic mass is 35.5. The molecule has 33 heavy (non-hydrogen) atoms. The van der Waals surface area contributed by atoms with E-state index in [1.807, 2.05) is 36.4 Å². The minimum atomic E-state index is -0.473. The summed E-state index contributed by atoms with van der Waals surface area (Å²) in [5, 5.41) is 0.743. The van der Waals surface area contributed by atoms with E-state index in [0.29, 0.717) is 45.4 Å². The van der Waals surface area contributed by atoms with E-state index in [2.05, 4.69) is 0 Å². The van der Waals surface area contributed by atoms with Gasteiger partial charge in [0.2, 0.25) is 5.91 Å². The summed E-state index contributed by atoms with van der Waals surface area (Å²) in [5.74, 6) is -1.09. The molecule has 0 spiro atoms. The lowest BCUT2D eigenvalue weighted by Crippen LogP contribution is -2.41. The fourth-order valence-corrected chi connectivity index (χ4v) is 5.38. The van der Waals surface area contributed by atoms with E-state index >= 15 is 0 Å². The number of Topliss-reactive ketones (excluding diaryl/α,β-unsaturated/α-hetero) is 1. The summed E-state index contributed by atoms with van der Waals surface area (Å²) in [5.41, 5.74) is 3.52. The Hall–Kier alpha value is -2.95. The normalized spacial score (nSPS) is 20.8. The fourth-order valence-electron chi connectivity index (χ4n) is 4.94. The summed E-state index contributed by atoms with van der Waals surface area (Å²) in [6.45, 7) is 0. The molecule has 1 amide bonds. The van der Waals surface area contributed by atoms with E-state index in [1.54, 1.807) is 29.2 Å². The molecule has 0 saturated heterocycles. The monoisotopic (exact) mass is 479 g/mol. The third-order valence-electron chi connectivity index (χ3n) is 6.44. The highest BCUT2D eigenvalue weighted by Crippen LogP contribution is 2.48. The molecule has 5 rings (SSSR count). The van der Waals surface area contributed by atoms with Gasteiger partial charge < -0.3 is 0 Å². The smallest absolute Gasteiger partial charge is 0.232 e. The number of halogens is 3. The van der Waals surface area contributed by atoms with Gasteiger partial charge in [0.25, 0.3) is 0 Å². The maximum Gasteiger partial charge on any atom is 0.232 e. The molecule has 0 fully saturated rings. The second kappa shape index (κ2) is 8.77. The van der Waals surface area contributed by atoms with Crippen molar-refractivity contribution in [2.75, 3.05) is 4.90 Å². The first kappa shape index (κ1) is 21.9. The van der Waals surface area contributed by atoms with Crippen molar-refractivity contribution in [3.05, 3.63) is 111 Å². The molecule has 0 radical (unpaired) electrons. The Morgan fingerprint density at radius 2 is 1.55 bits per heavy atom. The van der Waals surface area contributed by atoms with Crippen molar-refractivity contribution < 1.29 is 14.0 Å². The predicted octanol–water partition coefficient (Wildman–Crippen LogP) is 7.05. The van der Waals surface area contributed by atoms with Crippen LogP contribution in [0.2, 0.25) is 10.0 Å². The molecule has 0 bridgehead atoms. The molecule has 3 nitrogen and oxygen atoms in total. The number of amides is 1. The van der Waals surface area contributed by atoms with Gasteiger partial charge in [0.1, 0.15) is 5.82 Å². The molecule has 0 aromatic heterocycles. The van der Waals surface area contributed by atoms with Crippen LogP contribution in [0, 0.1) is 5.82 Å². The maximum atomic E-state index is 13.6. The SMILES string of the molecule is O=C1CC(c2ccccc2)CC2=C1C(c1cccc(Cl)c1Cl)CC(=O)N2c1ccc(F)cc1. The van der Waals surface area contributed by atoms with Gasteiger partial charge in [0, 0.05) is 35.7 Å². The topological polar surface area (TPSA) is 37.4 Å². The number of hydrogen-bond acceptors (Lipinski definition) is 2. The summed E-state index contributed by atoms with van der Waals surface area (Å²) in [6.07, 6.45) is 0.948. The van der Waals surface area contributed by atoms with Crippen molar-refractivity contribution in [1.82, 2.24) is 0 Å². The zero-order valence-electron chi connectivity index (χ0n) is 17.6. The van der Waals surface area contributed by atoms with Crippen LogP contribution in [0.4, 0.5) is 10.1 Å². The average Bonchev–Trinajstić information content (AvgIpc) is 2.81. The van der Waals surface area contributed by atoms with Gasteiger partial charge in [0.15, 0.2) is 5.78 Å². The van der Waals surface area contributed by atoms with Crippen molar-refractivity contribution in [3.8, 4) is 0 Å². The molecular formula is C27H20Cl2FNO2. The Kier molecular flexibility index (Phi) is 5.81. The molecule has 0 N–H and O–H groups in total. The third kappa shape index (κ3) is 3.98. The van der Waals surface area contributed by atoms with Gasteiger partial charge in [-0.25, -0.2) is 4.39 Å². The number of anilines is 1. The van der Waals surface area contributed by atoms with Crippen LogP contribution >= 0.6 is 23.2 Å². The van der Waals surface area contributed by atoms with E-state index < -0.39 is 5.92 Å².